The Morgan fingerprint density at radius 2 is 1.81 bits per heavy atom. The number of nitrogens with one attached hydrogen (secondary N) is 2. The summed E-state index contributed by atoms with van der Waals surface area (Å²) in [5.74, 6) is 0.873. The molecule has 1 aromatic heterocycles. The maximum atomic E-state index is 13.4. The van der Waals surface area contributed by atoms with E-state index in [0.717, 1.165) is 68.0 Å². The van der Waals surface area contributed by atoms with E-state index in [9.17, 15) is 14.0 Å². The third-order valence-electron chi connectivity index (χ3n) is 9.13. The number of hydrogen-bond acceptors (Lipinski definition) is 5. The highest BCUT2D eigenvalue weighted by atomic mass is 19.1. The van der Waals surface area contributed by atoms with Crippen LogP contribution in [0.15, 0.2) is 54.6 Å². The highest BCUT2D eigenvalue weighted by molar-refractivity contribution is 6.01. The molecule has 3 aromatic rings. The van der Waals surface area contributed by atoms with Gasteiger partial charge in [-0.1, -0.05) is 18.2 Å². The predicted octanol–water partition coefficient (Wildman–Crippen LogP) is 5.89. The van der Waals surface area contributed by atoms with Gasteiger partial charge in [-0.2, -0.15) is 0 Å². The molecular formula is C32H39FN6O3. The Morgan fingerprint density at radius 3 is 2.50 bits per heavy atom. The lowest BCUT2D eigenvalue weighted by Crippen LogP contribution is -2.50. The first kappa shape index (κ1) is 28.2. The normalized spacial score (nSPS) is 23.4. The van der Waals surface area contributed by atoms with Crippen molar-refractivity contribution in [2.24, 2.45) is 5.92 Å². The Morgan fingerprint density at radius 1 is 1.10 bits per heavy atom. The van der Waals surface area contributed by atoms with E-state index in [1.54, 1.807) is 17.0 Å². The quantitative estimate of drug-likeness (QED) is 0.367. The van der Waals surface area contributed by atoms with Crippen LogP contribution in [0.2, 0.25) is 0 Å². The van der Waals surface area contributed by atoms with Crippen molar-refractivity contribution < 1.29 is 18.7 Å². The van der Waals surface area contributed by atoms with Crippen LogP contribution in [0.3, 0.4) is 0 Å². The number of benzene rings is 2. The van der Waals surface area contributed by atoms with Crippen molar-refractivity contribution >= 4 is 23.5 Å². The Bertz CT molecular complexity index is 1380. The molecule has 2 unspecified atom stereocenters. The van der Waals surface area contributed by atoms with E-state index in [4.69, 9.17) is 9.72 Å². The van der Waals surface area contributed by atoms with Crippen LogP contribution in [0.25, 0.3) is 0 Å². The number of nitrogens with zero attached hydrogens (tertiary/aromatic N) is 4. The molecule has 2 bridgehead atoms. The van der Waals surface area contributed by atoms with E-state index in [1.165, 1.54) is 19.2 Å². The van der Waals surface area contributed by atoms with Gasteiger partial charge in [0.1, 0.15) is 11.6 Å². The maximum absolute atomic E-state index is 13.4. The number of carbonyl (C=O) groups is 2. The number of rotatable bonds is 7. The summed E-state index contributed by atoms with van der Waals surface area (Å²) in [6, 6.07) is 16.0. The lowest BCUT2D eigenvalue weighted by molar-refractivity contribution is 0.0350. The third-order valence-corrected chi connectivity index (χ3v) is 9.13. The topological polar surface area (TPSA) is 93.8 Å². The fraction of sp³-hybridized carbons (Fsp3) is 0.469. The van der Waals surface area contributed by atoms with Gasteiger partial charge in [0.2, 0.25) is 0 Å². The van der Waals surface area contributed by atoms with Gasteiger partial charge in [0.25, 0.3) is 0 Å². The summed E-state index contributed by atoms with van der Waals surface area (Å²) < 4.78 is 18.6. The molecule has 0 aliphatic carbocycles. The molecule has 2 saturated heterocycles. The molecule has 0 spiro atoms. The fourth-order valence-corrected chi connectivity index (χ4v) is 7.34. The van der Waals surface area contributed by atoms with Gasteiger partial charge in [0, 0.05) is 55.2 Å². The van der Waals surface area contributed by atoms with Gasteiger partial charge in [0.15, 0.2) is 0 Å². The Hall–Kier alpha value is -3.92. The fourth-order valence-electron chi connectivity index (χ4n) is 7.34. The molecule has 6 rings (SSSR count). The van der Waals surface area contributed by atoms with Crippen molar-refractivity contribution in [3.8, 4) is 0 Å². The van der Waals surface area contributed by atoms with Gasteiger partial charge in [0.05, 0.1) is 18.8 Å². The van der Waals surface area contributed by atoms with Crippen molar-refractivity contribution in [2.75, 3.05) is 37.0 Å². The summed E-state index contributed by atoms with van der Waals surface area (Å²) in [5, 5.41) is 2.91. The number of imidazole rings is 1. The van der Waals surface area contributed by atoms with E-state index in [-0.39, 0.29) is 24.0 Å². The zero-order valence-electron chi connectivity index (χ0n) is 24.3. The number of para-hydroxylation sites is 1. The summed E-state index contributed by atoms with van der Waals surface area (Å²) in [7, 11) is 1.45. The van der Waals surface area contributed by atoms with Gasteiger partial charge >= 0.3 is 12.1 Å². The molecule has 3 aliphatic heterocycles. The first-order valence-electron chi connectivity index (χ1n) is 15.0. The van der Waals surface area contributed by atoms with Gasteiger partial charge < -0.3 is 15.0 Å². The number of aryl methyl sites for hydroxylation is 1. The van der Waals surface area contributed by atoms with Crippen molar-refractivity contribution in [1.82, 2.24) is 19.8 Å². The molecule has 0 saturated carbocycles. The predicted molar refractivity (Wildman–Crippen MR) is 159 cm³/mol. The minimum atomic E-state index is -0.340. The molecule has 222 valence electrons. The molecular weight excluding hydrogens is 535 g/mol. The smallest absolute Gasteiger partial charge is 0.410 e. The molecule has 2 fully saturated rings. The summed E-state index contributed by atoms with van der Waals surface area (Å²) in [6.07, 6.45) is 5.61. The van der Waals surface area contributed by atoms with E-state index in [1.807, 2.05) is 42.2 Å². The van der Waals surface area contributed by atoms with Gasteiger partial charge in [-0.25, -0.2) is 19.0 Å². The molecule has 2 N–H and O–H groups in total. The van der Waals surface area contributed by atoms with Crippen LogP contribution >= 0.6 is 0 Å². The highest BCUT2D eigenvalue weighted by Gasteiger charge is 2.47. The number of methoxy groups -OCH3 is 1. The summed E-state index contributed by atoms with van der Waals surface area (Å²) in [4.78, 5) is 40.6. The molecule has 0 radical (unpaired) electrons. The number of urea groups is 1. The Balaban J connectivity index is 1.12. The second-order valence-corrected chi connectivity index (χ2v) is 11.7. The molecule has 2 aromatic carbocycles. The summed E-state index contributed by atoms with van der Waals surface area (Å²) in [6.45, 7) is 4.07. The van der Waals surface area contributed by atoms with E-state index in [0.29, 0.717) is 36.8 Å². The molecule has 9 nitrogen and oxygen atoms in total. The first-order chi connectivity index (χ1) is 20.4. The molecule has 42 heavy (non-hydrogen) atoms. The second kappa shape index (κ2) is 12.1. The van der Waals surface area contributed by atoms with Crippen molar-refractivity contribution in [3.05, 3.63) is 77.6 Å². The van der Waals surface area contributed by atoms with Crippen LogP contribution in [0.5, 0.6) is 0 Å². The SMILES string of the molecule is COC(=O)N1CCc2[nH]c(C)nc2C1C1C[C@H]2CC[C@@H](C1)N2CCCN(C(=O)Nc1ccc(F)cc1)c1ccccc1. The molecule has 4 atom stereocenters. The summed E-state index contributed by atoms with van der Waals surface area (Å²) >= 11 is 0. The number of carbonyl (C=O) groups excluding carboxylic acids is 2. The van der Waals surface area contributed by atoms with E-state index >= 15 is 0 Å². The number of amides is 3. The number of piperidine rings is 1. The molecule has 3 aliphatic rings. The van der Waals surface area contributed by atoms with Crippen LogP contribution in [-0.2, 0) is 11.2 Å². The third kappa shape index (κ3) is 5.72. The average Bonchev–Trinajstić information content (AvgIpc) is 3.49. The van der Waals surface area contributed by atoms with Crippen molar-refractivity contribution in [1.29, 1.82) is 0 Å². The lowest BCUT2D eigenvalue weighted by atomic mass is 9.80. The largest absolute Gasteiger partial charge is 0.453 e. The number of H-pyrrole nitrogens is 1. The van der Waals surface area contributed by atoms with Crippen LogP contribution in [0.4, 0.5) is 25.4 Å². The lowest BCUT2D eigenvalue weighted by Gasteiger charge is -2.45. The number of fused-ring (bicyclic) bond motifs is 3. The number of aromatic nitrogens is 2. The van der Waals surface area contributed by atoms with Crippen LogP contribution in [0, 0.1) is 18.7 Å². The van der Waals surface area contributed by atoms with Crippen molar-refractivity contribution in [2.45, 2.75) is 63.6 Å². The first-order valence-corrected chi connectivity index (χ1v) is 15.0. The number of aromatic amines is 1. The Labute approximate surface area is 246 Å². The highest BCUT2D eigenvalue weighted by Crippen LogP contribution is 2.47. The van der Waals surface area contributed by atoms with Gasteiger partial charge in [-0.05, 0) is 81.3 Å². The Kier molecular flexibility index (Phi) is 8.15. The number of anilines is 2. The maximum Gasteiger partial charge on any atom is 0.410 e. The average molecular weight is 575 g/mol. The number of hydrogen-bond donors (Lipinski definition) is 2. The monoisotopic (exact) mass is 574 g/mol. The number of halogens is 1. The molecule has 4 heterocycles. The molecule has 10 heteroatoms. The van der Waals surface area contributed by atoms with Crippen molar-refractivity contribution in [3.63, 3.8) is 0 Å². The van der Waals surface area contributed by atoms with Gasteiger partial charge in [-0.15, -0.1) is 0 Å². The minimum Gasteiger partial charge on any atom is -0.453 e. The standard InChI is InChI=1S/C32H39FN6O3/c1-21-34-28-15-18-39(32(41)42-2)30(29(28)35-21)22-19-26-13-14-27(20-22)37(26)16-6-17-38(25-7-4-3-5-8-25)31(40)36-24-11-9-23(33)10-12-24/h3-5,7-12,22,26-27,30H,6,13-20H2,1-2H3,(H,34,35)(H,36,40)/t22?,26-,27+,30?. The summed E-state index contributed by atoms with van der Waals surface area (Å²) in [5.41, 5.74) is 3.53. The molecule has 3 amide bonds. The number of ether oxygens (including phenoxy) is 1. The zero-order valence-corrected chi connectivity index (χ0v) is 24.3. The van der Waals surface area contributed by atoms with Gasteiger partial charge in [-0.3, -0.25) is 14.7 Å². The minimum absolute atomic E-state index is 0.0693. The van der Waals surface area contributed by atoms with Crippen LogP contribution in [-0.4, -0.2) is 70.7 Å². The van der Waals surface area contributed by atoms with Crippen LogP contribution < -0.4 is 10.2 Å². The second-order valence-electron chi connectivity index (χ2n) is 11.7. The zero-order chi connectivity index (χ0) is 29.2. The van der Waals surface area contributed by atoms with E-state index in [2.05, 4.69) is 15.2 Å². The van der Waals surface area contributed by atoms with Crippen LogP contribution in [0.1, 0.15) is 55.4 Å². The van der Waals surface area contributed by atoms with E-state index < -0.39 is 0 Å².